The number of thiocarbonyl (C=S) groups is 1. The maximum Gasteiger partial charge on any atom is 0.281 e. The van der Waals surface area contributed by atoms with Gasteiger partial charge in [-0.1, -0.05) is 51.3 Å². The number of hydrogen-bond donors (Lipinski definition) is 0. The lowest BCUT2D eigenvalue weighted by Gasteiger charge is -2.16. The summed E-state index contributed by atoms with van der Waals surface area (Å²) >= 11 is 21.4. The van der Waals surface area contributed by atoms with Crippen molar-refractivity contribution in [2.75, 3.05) is 18.6 Å². The van der Waals surface area contributed by atoms with E-state index in [1.54, 1.807) is 42.3 Å². The van der Waals surface area contributed by atoms with Gasteiger partial charge >= 0.3 is 0 Å². The molecule has 0 N–H and O–H groups in total. The molecule has 4 aromatic rings. The van der Waals surface area contributed by atoms with E-state index < -0.39 is 0 Å². The average molecular weight is 601 g/mol. The van der Waals surface area contributed by atoms with Gasteiger partial charge in [-0.25, -0.2) is 0 Å². The normalized spacial score (nSPS) is 14.9. The highest BCUT2D eigenvalue weighted by molar-refractivity contribution is 9.10. The number of ether oxygens (including phenoxy) is 1. The van der Waals surface area contributed by atoms with E-state index in [2.05, 4.69) is 20.5 Å². The minimum atomic E-state index is -0.192. The van der Waals surface area contributed by atoms with E-state index in [1.165, 1.54) is 4.90 Å². The molecule has 2 heterocycles. The number of fused-ring (bicyclic) bond motifs is 1. The topological polar surface area (TPSA) is 37.7 Å². The van der Waals surface area contributed by atoms with Crippen molar-refractivity contribution < 1.29 is 9.53 Å². The lowest BCUT2D eigenvalue weighted by Crippen LogP contribution is -2.31. The molecule has 9 heteroatoms. The number of amides is 1. The molecule has 0 unspecified atom stereocenters. The fraction of sp³-hybridized carbons (Fsp3) is 0.111. The van der Waals surface area contributed by atoms with Crippen LogP contribution in [0.15, 0.2) is 83.1 Å². The molecular formula is C27H20BrCl2N3O2S. The third kappa shape index (κ3) is 4.76. The predicted octanol–water partition coefficient (Wildman–Crippen LogP) is 7.39. The smallest absolute Gasteiger partial charge is 0.281 e. The molecule has 3 aromatic carbocycles. The van der Waals surface area contributed by atoms with Gasteiger partial charge in [0.05, 0.1) is 17.3 Å². The monoisotopic (exact) mass is 599 g/mol. The van der Waals surface area contributed by atoms with Crippen LogP contribution in [0.5, 0.6) is 5.75 Å². The second kappa shape index (κ2) is 10.3. The van der Waals surface area contributed by atoms with E-state index in [1.807, 2.05) is 48.7 Å². The van der Waals surface area contributed by atoms with Crippen molar-refractivity contribution in [2.24, 2.45) is 0 Å². The van der Waals surface area contributed by atoms with Gasteiger partial charge in [-0.05, 0) is 72.9 Å². The molecule has 36 heavy (non-hydrogen) atoms. The predicted molar refractivity (Wildman–Crippen MR) is 154 cm³/mol. The molecule has 1 amide bonds. The molecule has 182 valence electrons. The molecule has 5 nitrogen and oxygen atoms in total. The number of hydrogen-bond acceptors (Lipinski definition) is 3. The third-order valence-electron chi connectivity index (χ3n) is 5.94. The van der Waals surface area contributed by atoms with Gasteiger partial charge in [-0.3, -0.25) is 9.69 Å². The van der Waals surface area contributed by atoms with Crippen LogP contribution in [0.25, 0.3) is 17.0 Å². The zero-order valence-electron chi connectivity index (χ0n) is 19.1. The van der Waals surface area contributed by atoms with Crippen LogP contribution in [-0.4, -0.2) is 34.1 Å². The summed E-state index contributed by atoms with van der Waals surface area (Å²) in [7, 11) is 1.80. The van der Waals surface area contributed by atoms with Crippen LogP contribution in [0.4, 0.5) is 5.69 Å². The third-order valence-corrected chi connectivity index (χ3v) is 7.45. The van der Waals surface area contributed by atoms with Gasteiger partial charge in [0.25, 0.3) is 5.91 Å². The van der Waals surface area contributed by atoms with Gasteiger partial charge in [-0.15, -0.1) is 0 Å². The largest absolute Gasteiger partial charge is 0.490 e. The highest BCUT2D eigenvalue weighted by atomic mass is 79.9. The molecule has 0 aliphatic carbocycles. The lowest BCUT2D eigenvalue weighted by atomic mass is 10.1. The summed E-state index contributed by atoms with van der Waals surface area (Å²) in [6.45, 7) is 1.04. The first kappa shape index (κ1) is 24.8. The number of halogens is 3. The number of nitrogens with zero attached hydrogens (tertiary/aromatic N) is 3. The number of para-hydroxylation sites is 1. The Labute approximate surface area is 232 Å². The quantitative estimate of drug-likeness (QED) is 0.171. The summed E-state index contributed by atoms with van der Waals surface area (Å²) in [5, 5.41) is 2.59. The summed E-state index contributed by atoms with van der Waals surface area (Å²) < 4.78 is 8.96. The van der Waals surface area contributed by atoms with Crippen molar-refractivity contribution >= 4 is 85.0 Å². The van der Waals surface area contributed by atoms with Crippen LogP contribution in [-0.2, 0) is 11.3 Å². The van der Waals surface area contributed by atoms with E-state index >= 15 is 0 Å². The van der Waals surface area contributed by atoms with Crippen molar-refractivity contribution in [3.8, 4) is 5.75 Å². The zero-order chi connectivity index (χ0) is 25.4. The summed E-state index contributed by atoms with van der Waals surface area (Å²) in [5.41, 5.74) is 3.09. The van der Waals surface area contributed by atoms with Crippen molar-refractivity contribution in [1.29, 1.82) is 0 Å². The van der Waals surface area contributed by atoms with Crippen molar-refractivity contribution in [1.82, 2.24) is 9.47 Å². The Morgan fingerprint density at radius 2 is 1.81 bits per heavy atom. The van der Waals surface area contributed by atoms with Crippen molar-refractivity contribution in [3.05, 3.63) is 98.7 Å². The zero-order valence-corrected chi connectivity index (χ0v) is 23.0. The second-order valence-corrected chi connectivity index (χ2v) is 10.3. The first-order valence-electron chi connectivity index (χ1n) is 11.1. The Kier molecular flexibility index (Phi) is 7.08. The Morgan fingerprint density at radius 1 is 1.06 bits per heavy atom. The number of likely N-dealkylation sites (N-methyl/N-ethyl adjacent to an activating group) is 1. The van der Waals surface area contributed by atoms with E-state index in [0.717, 1.165) is 20.9 Å². The molecule has 0 radical (unpaired) electrons. The minimum absolute atomic E-state index is 0.192. The summed E-state index contributed by atoms with van der Waals surface area (Å²) in [5.74, 6) is 0.456. The van der Waals surface area contributed by atoms with Gasteiger partial charge in [0, 0.05) is 39.2 Å². The van der Waals surface area contributed by atoms with E-state index in [4.69, 9.17) is 40.2 Å². The van der Waals surface area contributed by atoms with Gasteiger partial charge in [-0.2, -0.15) is 0 Å². The number of benzene rings is 3. The molecule has 1 aromatic heterocycles. The van der Waals surface area contributed by atoms with Gasteiger partial charge in [0.1, 0.15) is 18.1 Å². The minimum Gasteiger partial charge on any atom is -0.490 e. The lowest BCUT2D eigenvalue weighted by molar-refractivity contribution is -0.114. The van der Waals surface area contributed by atoms with Crippen LogP contribution in [0.2, 0.25) is 10.0 Å². The fourth-order valence-corrected chi connectivity index (χ4v) is 5.10. The first-order chi connectivity index (χ1) is 17.3. The van der Waals surface area contributed by atoms with Gasteiger partial charge < -0.3 is 14.2 Å². The van der Waals surface area contributed by atoms with Crippen LogP contribution < -0.4 is 9.64 Å². The Morgan fingerprint density at radius 3 is 2.56 bits per heavy atom. The van der Waals surface area contributed by atoms with Gasteiger partial charge in [0.15, 0.2) is 5.11 Å². The van der Waals surface area contributed by atoms with E-state index in [9.17, 15) is 4.79 Å². The Hall–Kier alpha value is -2.84. The van der Waals surface area contributed by atoms with Crippen LogP contribution in [0.1, 0.15) is 5.56 Å². The molecular weight excluding hydrogens is 581 g/mol. The number of rotatable bonds is 6. The maximum atomic E-state index is 13.4. The summed E-state index contributed by atoms with van der Waals surface area (Å²) in [4.78, 5) is 16.7. The summed E-state index contributed by atoms with van der Waals surface area (Å²) in [6, 6.07) is 20.5. The number of carbonyl (C=O) groups is 1. The molecule has 0 bridgehead atoms. The summed E-state index contributed by atoms with van der Waals surface area (Å²) in [6.07, 6.45) is 3.90. The standard InChI is InChI=1S/C27H20BrCl2N3O2S/c1-31-24(26(34)33(27(31)36)20-9-7-19(29)8-10-20)14-17-16-32(23-11-6-18(28)15-21(17)23)12-13-35-25-5-3-2-4-22(25)30/h2-11,14-16H,12-13H2,1H3/b24-14-. The number of aromatic nitrogens is 1. The van der Waals surface area contributed by atoms with Crippen molar-refractivity contribution in [3.63, 3.8) is 0 Å². The molecule has 1 saturated heterocycles. The molecule has 1 aliphatic heterocycles. The molecule has 5 rings (SSSR count). The highest BCUT2D eigenvalue weighted by Gasteiger charge is 2.37. The van der Waals surface area contributed by atoms with Crippen LogP contribution in [0, 0.1) is 0 Å². The van der Waals surface area contributed by atoms with E-state index in [0.29, 0.717) is 45.4 Å². The Balaban J connectivity index is 1.47. The Bertz CT molecular complexity index is 1520. The molecule has 0 spiro atoms. The van der Waals surface area contributed by atoms with Crippen LogP contribution in [0.3, 0.4) is 0 Å². The second-order valence-electron chi connectivity index (χ2n) is 8.21. The maximum absolute atomic E-state index is 13.4. The van der Waals surface area contributed by atoms with Gasteiger partial charge in [0.2, 0.25) is 0 Å². The first-order valence-corrected chi connectivity index (χ1v) is 13.0. The van der Waals surface area contributed by atoms with Crippen LogP contribution >= 0.6 is 51.3 Å². The van der Waals surface area contributed by atoms with E-state index in [-0.39, 0.29) is 5.91 Å². The fourth-order valence-electron chi connectivity index (χ4n) is 4.13. The molecule has 1 aliphatic rings. The van der Waals surface area contributed by atoms with Crippen molar-refractivity contribution in [2.45, 2.75) is 6.54 Å². The molecule has 0 saturated carbocycles. The molecule has 0 atom stereocenters. The average Bonchev–Trinajstić information content (AvgIpc) is 3.30. The molecule has 1 fully saturated rings. The SMILES string of the molecule is CN1C(=S)N(c2ccc(Cl)cc2)C(=O)/C1=C/c1cn(CCOc2ccccc2Cl)c2ccc(Br)cc12. The highest BCUT2D eigenvalue weighted by Crippen LogP contribution is 2.32. The number of carbonyl (C=O) groups excluding carboxylic acids is 1. The number of anilines is 1.